The van der Waals surface area contributed by atoms with Crippen molar-refractivity contribution in [1.82, 2.24) is 0 Å². The van der Waals surface area contributed by atoms with Crippen LogP contribution in [0.3, 0.4) is 0 Å². The minimum absolute atomic E-state index is 0.106. The predicted octanol–water partition coefficient (Wildman–Crippen LogP) is 8.85. The van der Waals surface area contributed by atoms with Gasteiger partial charge in [0, 0.05) is 6.08 Å². The van der Waals surface area contributed by atoms with Gasteiger partial charge < -0.3 is 4.74 Å². The van der Waals surface area contributed by atoms with E-state index in [1.165, 1.54) is 11.1 Å². The van der Waals surface area contributed by atoms with Crippen LogP contribution in [0.4, 0.5) is 30.7 Å². The zero-order valence-corrected chi connectivity index (χ0v) is 19.0. The van der Waals surface area contributed by atoms with Crippen molar-refractivity contribution in [2.45, 2.75) is 52.1 Å². The highest BCUT2D eigenvalue weighted by Gasteiger charge is 2.41. The first-order chi connectivity index (χ1) is 16.0. The molecular weight excluding hydrogens is 461 g/mol. The fourth-order valence-electron chi connectivity index (χ4n) is 3.91. The summed E-state index contributed by atoms with van der Waals surface area (Å²) in [5.41, 5.74) is 0.818. The van der Waals surface area contributed by atoms with Crippen molar-refractivity contribution in [3.8, 4) is 0 Å². The van der Waals surface area contributed by atoms with Crippen LogP contribution in [0, 0.1) is 17.6 Å². The van der Waals surface area contributed by atoms with Crippen LogP contribution in [-0.2, 0) is 17.3 Å². The lowest BCUT2D eigenvalue weighted by Crippen LogP contribution is -2.22. The molecule has 34 heavy (non-hydrogen) atoms. The first-order valence-electron chi connectivity index (χ1n) is 10.9. The lowest BCUT2D eigenvalue weighted by atomic mass is 9.99. The lowest BCUT2D eigenvalue weighted by molar-refractivity contribution is -0.224. The molecule has 1 unspecified atom stereocenters. The summed E-state index contributed by atoms with van der Waals surface area (Å²) < 4.78 is 101. The second-order valence-corrected chi connectivity index (χ2v) is 8.19. The van der Waals surface area contributed by atoms with Gasteiger partial charge in [0.25, 0.3) is 0 Å². The van der Waals surface area contributed by atoms with E-state index in [0.717, 1.165) is 37.8 Å². The first kappa shape index (κ1) is 27.5. The van der Waals surface area contributed by atoms with E-state index in [0.29, 0.717) is 12.0 Å². The van der Waals surface area contributed by atoms with Crippen LogP contribution in [0.2, 0.25) is 0 Å². The van der Waals surface area contributed by atoms with Gasteiger partial charge in [-0.15, -0.1) is 0 Å². The maximum Gasteiger partial charge on any atom is 0.432 e. The van der Waals surface area contributed by atoms with Gasteiger partial charge in [0.1, 0.15) is 29.6 Å². The van der Waals surface area contributed by atoms with E-state index in [9.17, 15) is 30.7 Å². The van der Waals surface area contributed by atoms with Crippen molar-refractivity contribution >= 4 is 0 Å². The van der Waals surface area contributed by atoms with Gasteiger partial charge in [0.2, 0.25) is 0 Å². The molecule has 0 bridgehead atoms. The Morgan fingerprint density at radius 3 is 2.38 bits per heavy atom. The molecule has 0 N–H and O–H groups in total. The molecule has 0 saturated heterocycles. The predicted molar refractivity (Wildman–Crippen MR) is 118 cm³/mol. The molecule has 0 aliphatic heterocycles. The van der Waals surface area contributed by atoms with Crippen molar-refractivity contribution in [1.29, 1.82) is 0 Å². The van der Waals surface area contributed by atoms with E-state index in [2.05, 4.69) is 18.2 Å². The Bertz CT molecular complexity index is 995. The molecule has 0 amide bonds. The third-order valence-corrected chi connectivity index (χ3v) is 5.47. The van der Waals surface area contributed by atoms with Crippen LogP contribution in [0.15, 0.2) is 71.6 Å². The van der Waals surface area contributed by atoms with E-state index in [1.807, 2.05) is 13.0 Å². The molecular formula is C26H27F7O. The van der Waals surface area contributed by atoms with Gasteiger partial charge in [-0.3, -0.25) is 0 Å². The molecule has 1 aromatic rings. The monoisotopic (exact) mass is 488 g/mol. The normalized spacial score (nSPS) is 17.7. The molecule has 2 rings (SSSR count). The van der Waals surface area contributed by atoms with Gasteiger partial charge in [-0.1, -0.05) is 44.1 Å². The summed E-state index contributed by atoms with van der Waals surface area (Å²) in [7, 11) is 0. The number of benzene rings is 1. The number of hydrogen-bond donors (Lipinski definition) is 0. The SMILES string of the molecule is C=C(F)/C(F)=C\C(=C/CF)OC(F)(F)c1c(F)cc(C/C=C\C2=C(C)CC(CCC)C2)cc1F. The number of allylic oxidation sites excluding steroid dienone is 8. The second-order valence-electron chi connectivity index (χ2n) is 8.19. The van der Waals surface area contributed by atoms with Gasteiger partial charge in [-0.05, 0) is 61.4 Å². The number of rotatable bonds is 11. The summed E-state index contributed by atoms with van der Waals surface area (Å²) in [6, 6.07) is 1.49. The smallest absolute Gasteiger partial charge is 0.429 e. The lowest BCUT2D eigenvalue weighted by Gasteiger charge is -2.20. The van der Waals surface area contributed by atoms with Crippen molar-refractivity contribution in [3.63, 3.8) is 0 Å². The second kappa shape index (κ2) is 12.1. The highest BCUT2D eigenvalue weighted by molar-refractivity contribution is 5.34. The van der Waals surface area contributed by atoms with E-state index < -0.39 is 47.4 Å². The van der Waals surface area contributed by atoms with Gasteiger partial charge in [-0.2, -0.15) is 8.78 Å². The van der Waals surface area contributed by atoms with Gasteiger partial charge in [0.15, 0.2) is 11.7 Å². The Hall–Kier alpha value is -2.77. The Balaban J connectivity index is 2.19. The highest BCUT2D eigenvalue weighted by Crippen LogP contribution is 2.37. The molecule has 0 heterocycles. The maximum absolute atomic E-state index is 14.5. The third-order valence-electron chi connectivity index (χ3n) is 5.47. The molecule has 0 aromatic heterocycles. The molecule has 1 nitrogen and oxygen atoms in total. The van der Waals surface area contributed by atoms with Crippen LogP contribution >= 0.6 is 0 Å². The molecule has 1 aromatic carbocycles. The van der Waals surface area contributed by atoms with Crippen LogP contribution in [0.1, 0.15) is 50.7 Å². The van der Waals surface area contributed by atoms with Crippen molar-refractivity contribution in [2.24, 2.45) is 5.92 Å². The Morgan fingerprint density at radius 2 is 1.82 bits per heavy atom. The zero-order valence-electron chi connectivity index (χ0n) is 19.0. The van der Waals surface area contributed by atoms with E-state index in [4.69, 9.17) is 0 Å². The summed E-state index contributed by atoms with van der Waals surface area (Å²) in [5, 5.41) is 0. The summed E-state index contributed by atoms with van der Waals surface area (Å²) in [6.45, 7) is 5.42. The van der Waals surface area contributed by atoms with Crippen molar-refractivity contribution < 1.29 is 35.5 Å². The average molecular weight is 488 g/mol. The fraction of sp³-hybridized carbons (Fsp3) is 0.385. The van der Waals surface area contributed by atoms with Crippen molar-refractivity contribution in [2.75, 3.05) is 6.67 Å². The fourth-order valence-corrected chi connectivity index (χ4v) is 3.91. The Kier molecular flexibility index (Phi) is 9.77. The number of hydrogen-bond acceptors (Lipinski definition) is 1. The van der Waals surface area contributed by atoms with E-state index in [1.54, 1.807) is 6.08 Å². The molecule has 0 fully saturated rings. The molecule has 8 heteroatoms. The summed E-state index contributed by atoms with van der Waals surface area (Å²) in [5.74, 6) is -7.07. The summed E-state index contributed by atoms with van der Waals surface area (Å²) >= 11 is 0. The topological polar surface area (TPSA) is 9.23 Å². The first-order valence-corrected chi connectivity index (χ1v) is 10.9. The number of halogens is 7. The quantitative estimate of drug-likeness (QED) is 0.172. The Labute approximate surface area is 195 Å². The van der Waals surface area contributed by atoms with E-state index in [-0.39, 0.29) is 18.1 Å². The minimum Gasteiger partial charge on any atom is -0.429 e. The summed E-state index contributed by atoms with van der Waals surface area (Å²) in [4.78, 5) is 0. The average Bonchev–Trinajstić information content (AvgIpc) is 3.06. The van der Waals surface area contributed by atoms with Gasteiger partial charge >= 0.3 is 6.11 Å². The van der Waals surface area contributed by atoms with Crippen molar-refractivity contribution in [3.05, 3.63) is 94.3 Å². The molecule has 1 atom stereocenters. The zero-order chi connectivity index (χ0) is 25.5. The molecule has 186 valence electrons. The number of alkyl halides is 3. The highest BCUT2D eigenvalue weighted by atomic mass is 19.3. The Morgan fingerprint density at radius 1 is 1.18 bits per heavy atom. The largest absolute Gasteiger partial charge is 0.432 e. The number of ether oxygens (including phenoxy) is 1. The standard InChI is InChI=1S/C26H27F7O/c1-4-6-18-11-16(2)20(12-18)8-5-7-19-13-23(30)25(24(31)14-19)26(32,33)34-21(9-10-27)15-22(29)17(3)28/h5,8-9,13-15,18H,3-4,6-7,10-12H2,1-2H3/b8-5-,21-9+,22-15+. The van der Waals surface area contributed by atoms with Crippen LogP contribution < -0.4 is 0 Å². The van der Waals surface area contributed by atoms with Gasteiger partial charge in [0.05, 0.1) is 0 Å². The van der Waals surface area contributed by atoms with Crippen LogP contribution in [0.25, 0.3) is 0 Å². The molecule has 0 saturated carbocycles. The minimum atomic E-state index is -4.63. The molecule has 1 aliphatic rings. The van der Waals surface area contributed by atoms with Crippen LogP contribution in [0.5, 0.6) is 0 Å². The third kappa shape index (κ3) is 7.37. The molecule has 0 spiro atoms. The maximum atomic E-state index is 14.5. The van der Waals surface area contributed by atoms with E-state index >= 15 is 0 Å². The van der Waals surface area contributed by atoms with Crippen LogP contribution in [-0.4, -0.2) is 6.67 Å². The van der Waals surface area contributed by atoms with Gasteiger partial charge in [-0.25, -0.2) is 22.0 Å². The molecule has 1 aliphatic carbocycles. The molecule has 0 radical (unpaired) electrons. The summed E-state index contributed by atoms with van der Waals surface area (Å²) in [6.07, 6.45) is 3.71.